The lowest BCUT2D eigenvalue weighted by Crippen LogP contribution is -2.27. The smallest absolute Gasteiger partial charge is 0.207 e. The largest absolute Gasteiger partial charge is 0.285 e. The molecule has 0 amide bonds. The third kappa shape index (κ3) is 3.71. The van der Waals surface area contributed by atoms with E-state index in [1.165, 1.54) is 85.9 Å². The van der Waals surface area contributed by atoms with Crippen LogP contribution in [0.4, 0.5) is 0 Å². The molecular weight excluding hydrogens is 396 g/mol. The second kappa shape index (κ2) is 9.24. The van der Waals surface area contributed by atoms with Crippen molar-refractivity contribution in [1.82, 2.24) is 25.6 Å². The van der Waals surface area contributed by atoms with Gasteiger partial charge in [-0.25, -0.2) is 0 Å². The summed E-state index contributed by atoms with van der Waals surface area (Å²) in [6.07, 6.45) is 19.7. The molecule has 170 valence electrons. The summed E-state index contributed by atoms with van der Waals surface area (Å²) < 4.78 is 0. The van der Waals surface area contributed by atoms with E-state index in [4.69, 9.17) is 9.98 Å². The van der Waals surface area contributed by atoms with Crippen LogP contribution in [0, 0.1) is 0 Å². The second-order valence-corrected chi connectivity index (χ2v) is 9.89. The van der Waals surface area contributed by atoms with Gasteiger partial charge in [-0.15, -0.1) is 10.2 Å². The molecule has 1 fully saturated rings. The predicted molar refractivity (Wildman–Crippen MR) is 129 cm³/mol. The van der Waals surface area contributed by atoms with Crippen molar-refractivity contribution in [3.05, 3.63) is 28.6 Å². The molecule has 3 aliphatic rings. The standard InChI is InChI=1S/C26H36N6/c1-3-10-20-19(13-17-27-20)22-18-11-6-5-7-12-21(18)28-24(23(22)25-29-31-32-30-25)26(14-4-2)15-8-9-16-26/h13,17,20H,3-12,14-16H2,1-2H3,(H,29,30,31,32). The maximum absolute atomic E-state index is 5.52. The molecule has 2 aromatic heterocycles. The van der Waals surface area contributed by atoms with Gasteiger partial charge >= 0.3 is 0 Å². The summed E-state index contributed by atoms with van der Waals surface area (Å²) >= 11 is 0. The van der Waals surface area contributed by atoms with Gasteiger partial charge in [0.2, 0.25) is 5.82 Å². The monoisotopic (exact) mass is 432 g/mol. The van der Waals surface area contributed by atoms with Gasteiger partial charge in [0, 0.05) is 17.3 Å². The number of fused-ring (bicyclic) bond motifs is 1. The summed E-state index contributed by atoms with van der Waals surface area (Å²) in [4.78, 5) is 10.4. The maximum Gasteiger partial charge on any atom is 0.207 e. The molecule has 3 heterocycles. The highest BCUT2D eigenvalue weighted by molar-refractivity contribution is 5.96. The van der Waals surface area contributed by atoms with E-state index in [9.17, 15) is 0 Å². The summed E-state index contributed by atoms with van der Waals surface area (Å²) in [6.45, 7) is 4.56. The minimum atomic E-state index is 0.126. The Balaban J connectivity index is 1.81. The molecule has 5 rings (SSSR count). The zero-order valence-electron chi connectivity index (χ0n) is 19.7. The molecule has 1 unspecified atom stereocenters. The fraction of sp³-hybridized carbons (Fsp3) is 0.654. The number of aromatic amines is 1. The molecule has 0 spiro atoms. The fourth-order valence-corrected chi connectivity index (χ4v) is 6.41. The Hall–Kier alpha value is -2.37. The number of H-pyrrole nitrogens is 1. The van der Waals surface area contributed by atoms with Crippen molar-refractivity contribution < 1.29 is 0 Å². The lowest BCUT2D eigenvalue weighted by atomic mass is 9.73. The topological polar surface area (TPSA) is 79.7 Å². The first kappa shape index (κ1) is 21.5. The van der Waals surface area contributed by atoms with Gasteiger partial charge in [-0.2, -0.15) is 5.21 Å². The summed E-state index contributed by atoms with van der Waals surface area (Å²) in [5, 5.41) is 15.8. The molecule has 0 aromatic carbocycles. The Morgan fingerprint density at radius 2 is 1.84 bits per heavy atom. The SMILES string of the molecule is CCCC1N=CC=C1c1c2c(nc(C3(CCC)CCCC3)c1-c1nn[nH]n1)CCCCC2. The number of rotatable bonds is 7. The number of hydrogen-bond acceptors (Lipinski definition) is 5. The van der Waals surface area contributed by atoms with Gasteiger partial charge in [0.1, 0.15) is 0 Å². The van der Waals surface area contributed by atoms with Crippen molar-refractivity contribution in [2.75, 3.05) is 0 Å². The number of nitrogens with zero attached hydrogens (tertiary/aromatic N) is 5. The summed E-state index contributed by atoms with van der Waals surface area (Å²) in [5.74, 6) is 0.708. The quantitative estimate of drug-likeness (QED) is 0.563. The molecule has 2 aliphatic carbocycles. The highest BCUT2D eigenvalue weighted by atomic mass is 15.5. The Morgan fingerprint density at radius 1 is 1.00 bits per heavy atom. The van der Waals surface area contributed by atoms with Gasteiger partial charge in [-0.1, -0.05) is 46.0 Å². The van der Waals surface area contributed by atoms with Crippen LogP contribution in [0.1, 0.15) is 107 Å². The van der Waals surface area contributed by atoms with Crippen LogP contribution in [0.5, 0.6) is 0 Å². The highest BCUT2D eigenvalue weighted by Gasteiger charge is 2.41. The Labute approximate surface area is 191 Å². The molecule has 6 heteroatoms. The van der Waals surface area contributed by atoms with Crippen LogP contribution < -0.4 is 0 Å². The van der Waals surface area contributed by atoms with E-state index in [0.29, 0.717) is 5.82 Å². The molecule has 32 heavy (non-hydrogen) atoms. The molecule has 0 radical (unpaired) electrons. The number of hydrogen-bond donors (Lipinski definition) is 1. The molecule has 0 bridgehead atoms. The van der Waals surface area contributed by atoms with Crippen molar-refractivity contribution in [3.8, 4) is 11.4 Å². The van der Waals surface area contributed by atoms with Crippen LogP contribution in [0.3, 0.4) is 0 Å². The number of aliphatic imine (C=N–C) groups is 1. The lowest BCUT2D eigenvalue weighted by molar-refractivity contribution is 0.389. The first-order valence-corrected chi connectivity index (χ1v) is 12.8. The van der Waals surface area contributed by atoms with Crippen LogP contribution in [0.25, 0.3) is 17.0 Å². The Morgan fingerprint density at radius 3 is 2.59 bits per heavy atom. The molecule has 0 saturated heterocycles. The first-order chi connectivity index (χ1) is 15.8. The van der Waals surface area contributed by atoms with Crippen LogP contribution in [-0.4, -0.2) is 37.9 Å². The van der Waals surface area contributed by atoms with E-state index in [-0.39, 0.29) is 11.5 Å². The van der Waals surface area contributed by atoms with E-state index < -0.39 is 0 Å². The summed E-state index contributed by atoms with van der Waals surface area (Å²) in [5.41, 5.74) is 7.95. The van der Waals surface area contributed by atoms with Crippen LogP contribution in [0.2, 0.25) is 0 Å². The summed E-state index contributed by atoms with van der Waals surface area (Å²) in [7, 11) is 0. The maximum atomic E-state index is 5.52. The number of tetrazole rings is 1. The predicted octanol–water partition coefficient (Wildman–Crippen LogP) is 5.78. The fourth-order valence-electron chi connectivity index (χ4n) is 6.41. The normalized spacial score (nSPS) is 22.1. The number of aryl methyl sites for hydroxylation is 1. The van der Waals surface area contributed by atoms with Crippen molar-refractivity contribution in [2.45, 2.75) is 109 Å². The Bertz CT molecular complexity index is 998. The third-order valence-corrected chi connectivity index (χ3v) is 7.81. The molecule has 1 aliphatic heterocycles. The van der Waals surface area contributed by atoms with E-state index in [1.54, 1.807) is 0 Å². The van der Waals surface area contributed by atoms with Crippen LogP contribution in [-0.2, 0) is 18.3 Å². The summed E-state index contributed by atoms with van der Waals surface area (Å²) in [6, 6.07) is 0.221. The average Bonchev–Trinajstić information content (AvgIpc) is 3.54. The van der Waals surface area contributed by atoms with Gasteiger partial charge < -0.3 is 0 Å². The average molecular weight is 433 g/mol. The molecule has 1 N–H and O–H groups in total. The van der Waals surface area contributed by atoms with Crippen LogP contribution >= 0.6 is 0 Å². The Kier molecular flexibility index (Phi) is 6.20. The molecule has 6 nitrogen and oxygen atoms in total. The lowest BCUT2D eigenvalue weighted by Gasteiger charge is -2.33. The van der Waals surface area contributed by atoms with Gasteiger partial charge in [-0.3, -0.25) is 9.98 Å². The molecule has 1 saturated carbocycles. The van der Waals surface area contributed by atoms with Crippen molar-refractivity contribution in [2.24, 2.45) is 4.99 Å². The van der Waals surface area contributed by atoms with Crippen molar-refractivity contribution in [1.29, 1.82) is 0 Å². The number of allylic oxidation sites excluding steroid dienone is 1. The van der Waals surface area contributed by atoms with Crippen molar-refractivity contribution in [3.63, 3.8) is 0 Å². The van der Waals surface area contributed by atoms with Gasteiger partial charge in [0.25, 0.3) is 0 Å². The van der Waals surface area contributed by atoms with Gasteiger partial charge in [0.15, 0.2) is 0 Å². The van der Waals surface area contributed by atoms with E-state index in [1.807, 2.05) is 6.21 Å². The van der Waals surface area contributed by atoms with Crippen molar-refractivity contribution >= 4 is 11.8 Å². The second-order valence-electron chi connectivity index (χ2n) is 9.89. The zero-order chi connectivity index (χ0) is 22.0. The minimum Gasteiger partial charge on any atom is -0.285 e. The third-order valence-electron chi connectivity index (χ3n) is 7.81. The number of nitrogens with one attached hydrogen (secondary N) is 1. The van der Waals surface area contributed by atoms with E-state index >= 15 is 0 Å². The minimum absolute atomic E-state index is 0.126. The van der Waals surface area contributed by atoms with E-state index in [0.717, 1.165) is 31.2 Å². The molecule has 2 aromatic rings. The van der Waals surface area contributed by atoms with Crippen LogP contribution in [0.15, 0.2) is 11.1 Å². The zero-order valence-corrected chi connectivity index (χ0v) is 19.7. The first-order valence-electron chi connectivity index (χ1n) is 12.8. The van der Waals surface area contributed by atoms with E-state index in [2.05, 4.69) is 40.5 Å². The number of aromatic nitrogens is 5. The van der Waals surface area contributed by atoms with Gasteiger partial charge in [-0.05, 0) is 79.4 Å². The molecular formula is C26H36N6. The highest BCUT2D eigenvalue weighted by Crippen LogP contribution is 2.50. The number of pyridine rings is 1. The molecule has 1 atom stereocenters. The van der Waals surface area contributed by atoms with Gasteiger partial charge in [0.05, 0.1) is 17.3 Å².